The Morgan fingerprint density at radius 1 is 1.09 bits per heavy atom. The van der Waals surface area contributed by atoms with Crippen LogP contribution < -0.4 is 5.32 Å². The lowest BCUT2D eigenvalue weighted by molar-refractivity contribution is -0.384. The Labute approximate surface area is 202 Å². The molecule has 0 unspecified atom stereocenters. The molecule has 2 N–H and O–H groups in total. The summed E-state index contributed by atoms with van der Waals surface area (Å²) in [4.78, 5) is 23.4. The normalized spacial score (nSPS) is 11.1. The van der Waals surface area contributed by atoms with Gasteiger partial charge in [-0.05, 0) is 31.5 Å². The van der Waals surface area contributed by atoms with Crippen LogP contribution in [0.5, 0.6) is 5.75 Å². The Morgan fingerprint density at radius 3 is 2.49 bits per heavy atom. The molecule has 0 bridgehead atoms. The molecule has 1 heterocycles. The topological polar surface area (TPSA) is 116 Å². The van der Waals surface area contributed by atoms with Gasteiger partial charge in [0.15, 0.2) is 0 Å². The smallest absolute Gasteiger partial charge is 0.340 e. The molecule has 0 fully saturated rings. The van der Waals surface area contributed by atoms with Crippen LogP contribution in [0.15, 0.2) is 54.6 Å². The van der Waals surface area contributed by atoms with Crippen LogP contribution in [0.1, 0.15) is 22.5 Å². The summed E-state index contributed by atoms with van der Waals surface area (Å²) in [5, 5.41) is 27.0. The second-order valence-electron chi connectivity index (χ2n) is 8.16. The Hall–Kier alpha value is -4.11. The molecule has 0 aliphatic heterocycles. The van der Waals surface area contributed by atoms with E-state index in [1.54, 1.807) is 25.3 Å². The van der Waals surface area contributed by atoms with E-state index < -0.39 is 10.9 Å². The summed E-state index contributed by atoms with van der Waals surface area (Å²) in [5.41, 5.74) is 2.89. The second-order valence-corrected chi connectivity index (χ2v) is 8.16. The second kappa shape index (κ2) is 10.4. The molecule has 3 aromatic carbocycles. The molecule has 0 radical (unpaired) electrons. The van der Waals surface area contributed by atoms with Gasteiger partial charge in [-0.1, -0.05) is 24.3 Å². The van der Waals surface area contributed by atoms with Gasteiger partial charge in [-0.3, -0.25) is 10.1 Å². The largest absolute Gasteiger partial charge is 0.507 e. The highest BCUT2D eigenvalue weighted by Crippen LogP contribution is 2.37. The van der Waals surface area contributed by atoms with Crippen LogP contribution in [0.4, 0.5) is 11.4 Å². The van der Waals surface area contributed by atoms with Gasteiger partial charge in [0, 0.05) is 59.9 Å². The van der Waals surface area contributed by atoms with Crippen LogP contribution in [0, 0.1) is 17.0 Å². The number of nitrogens with one attached hydrogen (secondary N) is 1. The number of phenols is 1. The highest BCUT2D eigenvalue weighted by Gasteiger charge is 2.23. The standard InChI is InChI=1S/C26H27N3O6/c1-17-24(26(31)35-15-14-34-2)22-16-23(30)20-6-3-4-7-21(20)25(22)28(17)13-5-12-27-18-8-10-19(11-9-18)29(32)33/h3-4,6-11,16,27,30H,5,12-15H2,1-2H3. The summed E-state index contributed by atoms with van der Waals surface area (Å²) in [6.45, 7) is 3.55. The van der Waals surface area contributed by atoms with Gasteiger partial charge in [0.1, 0.15) is 12.4 Å². The number of nitro groups is 1. The summed E-state index contributed by atoms with van der Waals surface area (Å²) >= 11 is 0. The summed E-state index contributed by atoms with van der Waals surface area (Å²) in [6, 6.07) is 15.5. The molecule has 9 heteroatoms. The summed E-state index contributed by atoms with van der Waals surface area (Å²) in [5.74, 6) is -0.349. The fourth-order valence-corrected chi connectivity index (χ4v) is 4.32. The number of non-ortho nitro benzene ring substituents is 1. The minimum atomic E-state index is -0.456. The fourth-order valence-electron chi connectivity index (χ4n) is 4.32. The van der Waals surface area contributed by atoms with E-state index in [2.05, 4.69) is 9.88 Å². The van der Waals surface area contributed by atoms with Gasteiger partial charge in [-0.15, -0.1) is 0 Å². The molecular weight excluding hydrogens is 450 g/mol. The molecule has 0 atom stereocenters. The van der Waals surface area contributed by atoms with Crippen molar-refractivity contribution in [1.29, 1.82) is 0 Å². The van der Waals surface area contributed by atoms with Crippen LogP contribution in [-0.2, 0) is 16.0 Å². The van der Waals surface area contributed by atoms with Crippen molar-refractivity contribution in [3.63, 3.8) is 0 Å². The number of aromatic nitrogens is 1. The Kier molecular flexibility index (Phi) is 7.17. The van der Waals surface area contributed by atoms with E-state index in [1.165, 1.54) is 12.1 Å². The van der Waals surface area contributed by atoms with Gasteiger partial charge >= 0.3 is 5.97 Å². The molecule has 1 aromatic heterocycles. The minimum absolute atomic E-state index is 0.0463. The first-order valence-electron chi connectivity index (χ1n) is 11.3. The number of carbonyl (C=O) groups is 1. The number of aromatic hydroxyl groups is 1. The number of phenolic OH excluding ortho intramolecular Hbond substituents is 1. The number of nitro benzene ring substituents is 1. The maximum absolute atomic E-state index is 13.0. The monoisotopic (exact) mass is 477 g/mol. The average molecular weight is 478 g/mol. The number of benzene rings is 3. The van der Waals surface area contributed by atoms with Gasteiger partial charge in [0.25, 0.3) is 5.69 Å². The zero-order valence-electron chi connectivity index (χ0n) is 19.6. The summed E-state index contributed by atoms with van der Waals surface area (Å²) in [7, 11) is 1.54. The number of nitrogens with zero attached hydrogens (tertiary/aromatic N) is 2. The average Bonchev–Trinajstić information content (AvgIpc) is 3.13. The molecule has 9 nitrogen and oxygen atoms in total. The number of hydrogen-bond donors (Lipinski definition) is 2. The van der Waals surface area contributed by atoms with Crippen LogP contribution in [-0.4, -0.2) is 47.4 Å². The lowest BCUT2D eigenvalue weighted by atomic mass is 10.0. The number of anilines is 1. The van der Waals surface area contributed by atoms with E-state index in [0.29, 0.717) is 36.0 Å². The number of methoxy groups -OCH3 is 1. The number of hydrogen-bond acceptors (Lipinski definition) is 7. The van der Waals surface area contributed by atoms with E-state index in [0.717, 1.165) is 28.7 Å². The minimum Gasteiger partial charge on any atom is -0.507 e. The molecular formula is C26H27N3O6. The van der Waals surface area contributed by atoms with Crippen molar-refractivity contribution in [2.24, 2.45) is 0 Å². The van der Waals surface area contributed by atoms with Crippen LogP contribution in [0.3, 0.4) is 0 Å². The van der Waals surface area contributed by atoms with Crippen LogP contribution >= 0.6 is 0 Å². The van der Waals surface area contributed by atoms with E-state index in [-0.39, 0.29) is 18.0 Å². The first-order chi connectivity index (χ1) is 16.9. The number of aryl methyl sites for hydroxylation is 1. The molecule has 35 heavy (non-hydrogen) atoms. The van der Waals surface area contributed by atoms with Crippen LogP contribution in [0.25, 0.3) is 21.7 Å². The van der Waals surface area contributed by atoms with E-state index >= 15 is 0 Å². The summed E-state index contributed by atoms with van der Waals surface area (Å²) < 4.78 is 12.5. The van der Waals surface area contributed by atoms with E-state index in [9.17, 15) is 20.0 Å². The number of fused-ring (bicyclic) bond motifs is 3. The zero-order valence-corrected chi connectivity index (χ0v) is 19.6. The Balaban J connectivity index is 1.63. The Bertz CT molecular complexity index is 1380. The predicted octanol–water partition coefficient (Wildman–Crippen LogP) is 5.02. The van der Waals surface area contributed by atoms with Crippen molar-refractivity contribution < 1.29 is 24.3 Å². The van der Waals surface area contributed by atoms with Gasteiger partial charge in [-0.25, -0.2) is 4.79 Å². The third-order valence-electron chi connectivity index (χ3n) is 5.99. The quantitative estimate of drug-likeness (QED) is 0.143. The highest BCUT2D eigenvalue weighted by molar-refractivity contribution is 6.16. The van der Waals surface area contributed by atoms with E-state index in [1.807, 2.05) is 31.2 Å². The number of esters is 1. The van der Waals surface area contributed by atoms with Crippen molar-refractivity contribution in [1.82, 2.24) is 4.57 Å². The van der Waals surface area contributed by atoms with Crippen molar-refractivity contribution in [2.45, 2.75) is 19.9 Å². The third kappa shape index (κ3) is 4.90. The summed E-state index contributed by atoms with van der Waals surface area (Å²) in [6.07, 6.45) is 0.731. The molecule has 0 amide bonds. The number of ether oxygens (including phenoxy) is 2. The van der Waals surface area contributed by atoms with Gasteiger partial charge < -0.3 is 24.5 Å². The lowest BCUT2D eigenvalue weighted by Crippen LogP contribution is -2.12. The fraction of sp³-hybridized carbons (Fsp3) is 0.269. The lowest BCUT2D eigenvalue weighted by Gasteiger charge is -2.12. The maximum atomic E-state index is 13.0. The molecule has 4 rings (SSSR count). The van der Waals surface area contributed by atoms with Gasteiger partial charge in [0.05, 0.1) is 22.6 Å². The number of carbonyl (C=O) groups excluding carboxylic acids is 1. The molecule has 0 saturated carbocycles. The first kappa shape index (κ1) is 24.0. The third-order valence-corrected chi connectivity index (χ3v) is 5.99. The van der Waals surface area contributed by atoms with Crippen LogP contribution in [0.2, 0.25) is 0 Å². The predicted molar refractivity (Wildman–Crippen MR) is 134 cm³/mol. The molecule has 182 valence electrons. The molecule has 0 aliphatic carbocycles. The van der Waals surface area contributed by atoms with Crippen molar-refractivity contribution in [2.75, 3.05) is 32.2 Å². The Morgan fingerprint density at radius 2 is 1.80 bits per heavy atom. The zero-order chi connectivity index (χ0) is 24.9. The van der Waals surface area contributed by atoms with Gasteiger partial charge in [-0.2, -0.15) is 0 Å². The molecule has 0 aliphatic rings. The first-order valence-corrected chi connectivity index (χ1v) is 11.3. The van der Waals surface area contributed by atoms with Crippen molar-refractivity contribution in [3.8, 4) is 5.75 Å². The maximum Gasteiger partial charge on any atom is 0.340 e. The van der Waals surface area contributed by atoms with Gasteiger partial charge in [0.2, 0.25) is 0 Å². The molecule has 0 spiro atoms. The molecule has 4 aromatic rings. The van der Waals surface area contributed by atoms with Crippen molar-refractivity contribution in [3.05, 3.63) is 76.0 Å². The van der Waals surface area contributed by atoms with Crippen molar-refractivity contribution >= 4 is 39.0 Å². The van der Waals surface area contributed by atoms with E-state index in [4.69, 9.17) is 9.47 Å². The highest BCUT2D eigenvalue weighted by atomic mass is 16.6. The SMILES string of the molecule is COCCOC(=O)c1c(C)n(CCCNc2ccc([N+](=O)[O-])cc2)c2c1cc(O)c1ccccc12. The number of rotatable bonds is 10. The molecule has 0 saturated heterocycles.